The Labute approximate surface area is 357 Å². The van der Waals surface area contributed by atoms with Crippen LogP contribution in [-0.2, 0) is 19.1 Å². The van der Waals surface area contributed by atoms with Crippen LogP contribution < -0.4 is 113 Å². The number of fused-ring (bicyclic) bond motifs is 7. The molecule has 0 aliphatic heterocycles. The number of aliphatic carboxylic acids is 2. The van der Waals surface area contributed by atoms with E-state index in [0.29, 0.717) is 30.1 Å². The molecule has 0 bridgehead atoms. The molecule has 5 aliphatic rings. The fourth-order valence-corrected chi connectivity index (χ4v) is 12.1. The Balaban J connectivity index is 0.00000276. The van der Waals surface area contributed by atoms with Crippen molar-refractivity contribution in [3.05, 3.63) is 11.6 Å². The summed E-state index contributed by atoms with van der Waals surface area (Å²) in [5.41, 5.74) is -0.138. The van der Waals surface area contributed by atoms with Gasteiger partial charge in [0.2, 0.25) is 0 Å². The largest absolute Gasteiger partial charge is 1.00 e. The van der Waals surface area contributed by atoms with Crippen LogP contribution in [0.3, 0.4) is 0 Å². The van der Waals surface area contributed by atoms with Gasteiger partial charge >= 0.3 is 109 Å². The van der Waals surface area contributed by atoms with Gasteiger partial charge in [0, 0.05) is 22.8 Å². The summed E-state index contributed by atoms with van der Waals surface area (Å²) >= 11 is 0. The Morgan fingerprint density at radius 2 is 1.51 bits per heavy atom. The third-order valence-corrected chi connectivity index (χ3v) is 14.9. The zero-order valence-corrected chi connectivity index (χ0v) is 36.5. The molecule has 0 heterocycles. The van der Waals surface area contributed by atoms with Gasteiger partial charge in [-0.05, 0) is 115 Å². The second-order valence-electron chi connectivity index (χ2n) is 17.8. The number of carboxylic acid groups (broad SMARTS) is 2. The van der Waals surface area contributed by atoms with Gasteiger partial charge in [0.15, 0.2) is 0 Å². The average Bonchev–Trinajstić information content (AvgIpc) is 2.87. The minimum absolute atomic E-state index is 0. The van der Waals surface area contributed by atoms with E-state index in [-0.39, 0.29) is 155 Å². The number of esters is 1. The van der Waals surface area contributed by atoms with Gasteiger partial charge < -0.3 is 24.5 Å². The first-order valence-corrected chi connectivity index (χ1v) is 17.1. The van der Waals surface area contributed by atoms with Crippen LogP contribution in [0.15, 0.2) is 11.6 Å². The minimum Gasteiger partial charge on any atom is -0.550 e. The molecule has 5 rings (SSSR count). The Bertz CT molecular complexity index is 1210. The van der Waals surface area contributed by atoms with Gasteiger partial charge in [-0.15, -0.1) is 0 Å². The van der Waals surface area contributed by atoms with Gasteiger partial charge in [-0.3, -0.25) is 4.79 Å². The van der Waals surface area contributed by atoms with Gasteiger partial charge in [-0.2, -0.15) is 0 Å². The van der Waals surface area contributed by atoms with Crippen LogP contribution >= 0.6 is 0 Å². The van der Waals surface area contributed by atoms with E-state index in [1.807, 2.05) is 0 Å². The molecular weight excluding hydrogens is 619 g/mol. The van der Waals surface area contributed by atoms with Gasteiger partial charge in [0.05, 0.1) is 6.42 Å². The zero-order chi connectivity index (χ0) is 32.0. The molecule has 0 unspecified atom stereocenters. The van der Waals surface area contributed by atoms with Crippen molar-refractivity contribution >= 4 is 17.9 Å². The molecule has 4 saturated carbocycles. The molecule has 0 radical (unpaired) electrons. The van der Waals surface area contributed by atoms with Gasteiger partial charge in [0.25, 0.3) is 0 Å². The van der Waals surface area contributed by atoms with Crippen LogP contribution in [-0.4, -0.2) is 24.0 Å². The third kappa shape index (κ3) is 6.54. The topological polar surface area (TPSA) is 107 Å². The summed E-state index contributed by atoms with van der Waals surface area (Å²) in [4.78, 5) is 37.1. The quantitative estimate of drug-likeness (QED) is 0.221. The number of carbonyl (C=O) groups is 3. The molecule has 0 aromatic rings. The molecule has 0 N–H and O–H groups in total. The molecule has 8 heteroatoms. The first-order chi connectivity index (χ1) is 19.7. The molecule has 0 saturated heterocycles. The summed E-state index contributed by atoms with van der Waals surface area (Å²) in [5, 5.41) is 24.0. The maximum absolute atomic E-state index is 13.1. The van der Waals surface area contributed by atoms with E-state index >= 15 is 0 Å². The van der Waals surface area contributed by atoms with E-state index in [1.165, 1.54) is 5.57 Å². The van der Waals surface area contributed by atoms with E-state index in [0.717, 1.165) is 51.4 Å². The molecule has 4 fully saturated rings. The van der Waals surface area contributed by atoms with Gasteiger partial charge in [-0.1, -0.05) is 74.0 Å². The molecule has 242 valence electrons. The number of hydrogen-bond donors (Lipinski definition) is 0. The maximum Gasteiger partial charge on any atom is 1.00 e. The number of hydrogen-bond acceptors (Lipinski definition) is 6. The monoisotopic (exact) mass is 674 g/mol. The summed E-state index contributed by atoms with van der Waals surface area (Å²) in [6, 6.07) is 0. The van der Waals surface area contributed by atoms with Crippen molar-refractivity contribution in [1.82, 2.24) is 0 Å². The van der Waals surface area contributed by atoms with Crippen LogP contribution in [0.4, 0.5) is 0 Å². The molecule has 6 nitrogen and oxygen atoms in total. The molecule has 10 atom stereocenters. The standard InChI is InChI=1S/C37H58O6.2K/c1-22-12-17-37(31(41)42)19-18-35(8)24(30(37)23(22)2)10-11-26-34(7)15-14-27(33(5,6)25(34)13-16-36(26,35)9)43-29(40)21-32(3,4)20-28(38)39;;/h10,22-23,25-27,30H,11-21H2,1-9H3,(H,38,39)(H,41,42);;/q;2*+1/p-2/t22-,23+,25+,26-,27+,30+,34+,35-,36-,37+;;/m1../s1. The molecule has 5 aliphatic carbocycles. The predicted octanol–water partition coefficient (Wildman–Crippen LogP) is -0.130. The summed E-state index contributed by atoms with van der Waals surface area (Å²) < 4.78 is 6.17. The summed E-state index contributed by atoms with van der Waals surface area (Å²) in [5.74, 6) is -0.561. The number of rotatable bonds is 6. The van der Waals surface area contributed by atoms with Crippen molar-refractivity contribution in [2.75, 3.05) is 0 Å². The molecule has 0 aromatic heterocycles. The van der Waals surface area contributed by atoms with Crippen LogP contribution in [0.25, 0.3) is 0 Å². The normalized spacial score (nSPS) is 43.4. The van der Waals surface area contributed by atoms with Crippen molar-refractivity contribution in [1.29, 1.82) is 0 Å². The third-order valence-electron chi connectivity index (χ3n) is 14.9. The van der Waals surface area contributed by atoms with Crippen LogP contribution in [0, 0.1) is 62.1 Å². The summed E-state index contributed by atoms with van der Waals surface area (Å²) in [6.45, 7) is 20.2. The molecule has 0 aromatic carbocycles. The van der Waals surface area contributed by atoms with Gasteiger partial charge in [-0.25, -0.2) is 0 Å². The van der Waals surface area contributed by atoms with E-state index < -0.39 is 22.8 Å². The molecule has 0 spiro atoms. The molecule has 45 heavy (non-hydrogen) atoms. The second-order valence-corrected chi connectivity index (χ2v) is 17.8. The first kappa shape index (κ1) is 40.8. The summed E-state index contributed by atoms with van der Waals surface area (Å²) in [6.07, 6.45) is 10.4. The van der Waals surface area contributed by atoms with Crippen molar-refractivity contribution < 1.29 is 132 Å². The van der Waals surface area contributed by atoms with Crippen molar-refractivity contribution in [3.8, 4) is 0 Å². The predicted molar refractivity (Wildman–Crippen MR) is 162 cm³/mol. The van der Waals surface area contributed by atoms with Gasteiger partial charge in [0.1, 0.15) is 6.10 Å². The van der Waals surface area contributed by atoms with Crippen LogP contribution in [0.2, 0.25) is 0 Å². The van der Waals surface area contributed by atoms with E-state index in [4.69, 9.17) is 4.74 Å². The molecule has 0 amide bonds. The number of ether oxygens (including phenoxy) is 1. The van der Waals surface area contributed by atoms with E-state index in [2.05, 4.69) is 54.5 Å². The summed E-state index contributed by atoms with van der Waals surface area (Å²) in [7, 11) is 0. The minimum atomic E-state index is -1.15. The van der Waals surface area contributed by atoms with Crippen molar-refractivity contribution in [2.45, 2.75) is 139 Å². The van der Waals surface area contributed by atoms with E-state index in [9.17, 15) is 24.6 Å². The van der Waals surface area contributed by atoms with Crippen molar-refractivity contribution in [2.24, 2.45) is 62.1 Å². The smallest absolute Gasteiger partial charge is 0.550 e. The Kier molecular flexibility index (Phi) is 12.6. The SMILES string of the molecule is C[C@H]1[C@H](C)CC[C@]2(C(=O)[O-])CC[C@]3(C)C(=CC[C@@H]4[C@@]5(C)CC[C@H](OC(=O)CC(C)(C)CC(=O)[O-])C(C)(C)[C@@H]5CC[C@]43C)[C@H]12.[K+].[K+]. The number of carboxylic acids is 2. The first-order valence-electron chi connectivity index (χ1n) is 17.1. The van der Waals surface area contributed by atoms with Crippen LogP contribution in [0.1, 0.15) is 133 Å². The Hall–Kier alpha value is 1.42. The Morgan fingerprint density at radius 1 is 0.867 bits per heavy atom. The number of allylic oxidation sites excluding steroid dienone is 2. The van der Waals surface area contributed by atoms with E-state index in [1.54, 1.807) is 13.8 Å². The fraction of sp³-hybridized carbons (Fsp3) is 0.865. The fourth-order valence-electron chi connectivity index (χ4n) is 12.1. The molecular formula is C37H56K2O6. The maximum atomic E-state index is 13.1. The Morgan fingerprint density at radius 3 is 2.11 bits per heavy atom. The number of carbonyl (C=O) groups excluding carboxylic acids is 3. The van der Waals surface area contributed by atoms with Crippen molar-refractivity contribution in [3.63, 3.8) is 0 Å². The van der Waals surface area contributed by atoms with Crippen LogP contribution in [0.5, 0.6) is 0 Å². The zero-order valence-electron chi connectivity index (χ0n) is 30.3. The second kappa shape index (κ2) is 13.9. The average molecular weight is 675 g/mol.